The Morgan fingerprint density at radius 2 is 1.96 bits per heavy atom. The van der Waals surface area contributed by atoms with Gasteiger partial charge in [0.15, 0.2) is 11.6 Å². The first kappa shape index (κ1) is 18.8. The molecule has 1 aromatic heterocycles. The molecular weight excluding hydrogens is 409 g/mol. The summed E-state index contributed by atoms with van der Waals surface area (Å²) in [6.07, 6.45) is 0. The van der Waals surface area contributed by atoms with Crippen molar-refractivity contribution in [1.29, 1.82) is 0 Å². The van der Waals surface area contributed by atoms with Crippen LogP contribution in [0, 0.1) is 11.6 Å². The Balaban J connectivity index is 1.68. The van der Waals surface area contributed by atoms with Crippen LogP contribution in [0.3, 0.4) is 0 Å². The van der Waals surface area contributed by atoms with E-state index in [1.807, 2.05) is 6.92 Å². The molecule has 0 spiro atoms. The highest BCUT2D eigenvalue weighted by Crippen LogP contribution is 2.30. The molecule has 0 bridgehead atoms. The lowest BCUT2D eigenvalue weighted by molar-refractivity contribution is 0.0612. The van der Waals surface area contributed by atoms with Crippen molar-refractivity contribution in [3.8, 4) is 11.4 Å². The summed E-state index contributed by atoms with van der Waals surface area (Å²) < 4.78 is 29.1. The van der Waals surface area contributed by atoms with Gasteiger partial charge in [-0.3, -0.25) is 4.79 Å². The van der Waals surface area contributed by atoms with Crippen molar-refractivity contribution >= 4 is 29.1 Å². The highest BCUT2D eigenvalue weighted by atomic mass is 35.5. The Labute approximate surface area is 169 Å². The van der Waals surface area contributed by atoms with E-state index in [2.05, 4.69) is 10.2 Å². The fraction of sp³-hybridized carbons (Fsp3) is 0.211. The summed E-state index contributed by atoms with van der Waals surface area (Å²) in [6.45, 7) is 2.40. The van der Waals surface area contributed by atoms with Gasteiger partial charge in [-0.05, 0) is 31.2 Å². The Bertz CT molecular complexity index is 1090. The van der Waals surface area contributed by atoms with Crippen LogP contribution in [0.1, 0.15) is 23.1 Å². The van der Waals surface area contributed by atoms with Crippen LogP contribution in [-0.4, -0.2) is 31.6 Å². The predicted octanol–water partition coefficient (Wildman–Crippen LogP) is 4.57. The maximum absolute atomic E-state index is 14.2. The number of aromatic nitrogens is 3. The highest BCUT2D eigenvalue weighted by molar-refractivity contribution is 6.43. The van der Waals surface area contributed by atoms with E-state index >= 15 is 0 Å². The first-order valence-electron chi connectivity index (χ1n) is 8.49. The van der Waals surface area contributed by atoms with E-state index in [1.54, 1.807) is 27.7 Å². The first-order valence-corrected chi connectivity index (χ1v) is 9.25. The summed E-state index contributed by atoms with van der Waals surface area (Å²) in [7, 11) is 0. The molecule has 144 valence electrons. The van der Waals surface area contributed by atoms with E-state index in [9.17, 15) is 13.6 Å². The molecule has 0 saturated heterocycles. The number of halogens is 4. The van der Waals surface area contributed by atoms with E-state index in [4.69, 9.17) is 23.2 Å². The van der Waals surface area contributed by atoms with Gasteiger partial charge in [0.2, 0.25) is 0 Å². The fourth-order valence-corrected chi connectivity index (χ4v) is 3.66. The Kier molecular flexibility index (Phi) is 4.81. The predicted molar refractivity (Wildman–Crippen MR) is 101 cm³/mol. The van der Waals surface area contributed by atoms with Crippen molar-refractivity contribution in [1.82, 2.24) is 19.7 Å². The van der Waals surface area contributed by atoms with Gasteiger partial charge in [0.25, 0.3) is 5.91 Å². The molecule has 1 aliphatic heterocycles. The Morgan fingerprint density at radius 3 is 2.71 bits per heavy atom. The van der Waals surface area contributed by atoms with Crippen molar-refractivity contribution in [2.24, 2.45) is 0 Å². The summed E-state index contributed by atoms with van der Waals surface area (Å²) in [6, 6.07) is 7.96. The monoisotopic (exact) mass is 422 g/mol. The molecule has 0 N–H and O–H groups in total. The van der Waals surface area contributed by atoms with Crippen molar-refractivity contribution in [3.05, 3.63) is 69.5 Å². The second-order valence-corrected chi connectivity index (χ2v) is 7.34. The zero-order chi connectivity index (χ0) is 20.0. The standard InChI is InChI=1S/C19H14Cl2F2N4O/c1-10-8-27-16(24-25-18(27)12-6-5-11(22)7-15(12)23)9-26(10)19(28)13-3-2-4-14(20)17(13)21/h2-7,10H,8-9H2,1H3. The molecule has 1 amide bonds. The van der Waals surface area contributed by atoms with Crippen molar-refractivity contribution in [2.45, 2.75) is 26.1 Å². The lowest BCUT2D eigenvalue weighted by Gasteiger charge is -2.34. The largest absolute Gasteiger partial charge is 0.327 e. The molecule has 1 aliphatic rings. The van der Waals surface area contributed by atoms with Gasteiger partial charge in [0.1, 0.15) is 11.6 Å². The van der Waals surface area contributed by atoms with Gasteiger partial charge in [-0.25, -0.2) is 8.78 Å². The van der Waals surface area contributed by atoms with Gasteiger partial charge in [-0.2, -0.15) is 0 Å². The molecule has 5 nitrogen and oxygen atoms in total. The quantitative estimate of drug-likeness (QED) is 0.607. The van der Waals surface area contributed by atoms with Crippen LogP contribution in [0.5, 0.6) is 0 Å². The lowest BCUT2D eigenvalue weighted by atomic mass is 10.1. The zero-order valence-corrected chi connectivity index (χ0v) is 16.2. The third-order valence-electron chi connectivity index (χ3n) is 4.73. The number of hydrogen-bond acceptors (Lipinski definition) is 3. The minimum atomic E-state index is -0.716. The van der Waals surface area contributed by atoms with E-state index in [-0.39, 0.29) is 29.1 Å². The molecule has 3 aromatic rings. The van der Waals surface area contributed by atoms with E-state index in [0.29, 0.717) is 28.8 Å². The molecule has 0 radical (unpaired) electrons. The minimum absolute atomic E-state index is 0.157. The van der Waals surface area contributed by atoms with Gasteiger partial charge in [-0.1, -0.05) is 29.3 Å². The number of fused-ring (bicyclic) bond motifs is 1. The molecule has 0 aliphatic carbocycles. The molecule has 1 atom stereocenters. The number of carbonyl (C=O) groups excluding carboxylic acids is 1. The highest BCUT2D eigenvalue weighted by Gasteiger charge is 2.32. The van der Waals surface area contributed by atoms with Crippen molar-refractivity contribution in [3.63, 3.8) is 0 Å². The fourth-order valence-electron chi connectivity index (χ4n) is 3.28. The maximum atomic E-state index is 14.2. The van der Waals surface area contributed by atoms with Crippen LogP contribution in [0.4, 0.5) is 8.78 Å². The third kappa shape index (κ3) is 3.14. The van der Waals surface area contributed by atoms with Gasteiger partial charge in [0.05, 0.1) is 27.7 Å². The number of carbonyl (C=O) groups is 1. The number of benzene rings is 2. The normalized spacial score (nSPS) is 16.2. The van der Waals surface area contributed by atoms with Crippen molar-refractivity contribution < 1.29 is 13.6 Å². The summed E-state index contributed by atoms with van der Waals surface area (Å²) in [5.74, 6) is -0.852. The zero-order valence-electron chi connectivity index (χ0n) is 14.7. The summed E-state index contributed by atoms with van der Waals surface area (Å²) in [4.78, 5) is 14.6. The van der Waals surface area contributed by atoms with Crippen LogP contribution in [0.2, 0.25) is 10.0 Å². The van der Waals surface area contributed by atoms with Crippen LogP contribution in [0.25, 0.3) is 11.4 Å². The van der Waals surface area contributed by atoms with Gasteiger partial charge < -0.3 is 9.47 Å². The van der Waals surface area contributed by atoms with E-state index in [1.165, 1.54) is 12.1 Å². The van der Waals surface area contributed by atoms with Crippen LogP contribution in [0.15, 0.2) is 36.4 Å². The molecule has 2 heterocycles. The average Bonchev–Trinajstić information content (AvgIpc) is 3.05. The van der Waals surface area contributed by atoms with Crippen LogP contribution < -0.4 is 0 Å². The number of nitrogens with zero attached hydrogens (tertiary/aromatic N) is 4. The second kappa shape index (κ2) is 7.14. The van der Waals surface area contributed by atoms with Crippen molar-refractivity contribution in [2.75, 3.05) is 0 Å². The summed E-state index contributed by atoms with van der Waals surface area (Å²) >= 11 is 12.2. The smallest absolute Gasteiger partial charge is 0.256 e. The summed E-state index contributed by atoms with van der Waals surface area (Å²) in [5, 5.41) is 8.65. The number of amides is 1. The molecule has 1 unspecified atom stereocenters. The van der Waals surface area contributed by atoms with Gasteiger partial charge in [-0.15, -0.1) is 10.2 Å². The topological polar surface area (TPSA) is 51.0 Å². The van der Waals surface area contributed by atoms with Crippen LogP contribution in [-0.2, 0) is 13.1 Å². The molecule has 9 heteroatoms. The molecule has 0 fully saturated rings. The molecule has 0 saturated carbocycles. The van der Waals surface area contributed by atoms with Gasteiger partial charge in [0, 0.05) is 18.7 Å². The molecule has 2 aromatic carbocycles. The second-order valence-electron chi connectivity index (χ2n) is 6.56. The van der Waals surface area contributed by atoms with E-state index in [0.717, 1.165) is 6.07 Å². The molecule has 28 heavy (non-hydrogen) atoms. The third-order valence-corrected chi connectivity index (χ3v) is 5.55. The molecule has 4 rings (SSSR count). The Morgan fingerprint density at radius 1 is 1.18 bits per heavy atom. The number of hydrogen-bond donors (Lipinski definition) is 0. The lowest BCUT2D eigenvalue weighted by Crippen LogP contribution is -2.45. The number of rotatable bonds is 2. The summed E-state index contributed by atoms with van der Waals surface area (Å²) in [5.41, 5.74) is 0.462. The van der Waals surface area contributed by atoms with Crippen LogP contribution >= 0.6 is 23.2 Å². The van der Waals surface area contributed by atoms with E-state index < -0.39 is 11.6 Å². The molecular formula is C19H14Cl2F2N4O. The SMILES string of the molecule is CC1Cn2c(nnc2-c2ccc(F)cc2F)CN1C(=O)c1cccc(Cl)c1Cl. The van der Waals surface area contributed by atoms with Gasteiger partial charge >= 0.3 is 0 Å². The Hall–Kier alpha value is -2.51. The first-order chi connectivity index (χ1) is 13.4. The maximum Gasteiger partial charge on any atom is 0.256 e. The minimum Gasteiger partial charge on any atom is -0.327 e. The average molecular weight is 423 g/mol.